The number of fused-ring (bicyclic) bond motifs is 1. The Labute approximate surface area is 215 Å². The number of benzene rings is 4. The molecule has 188 valence electrons. The van der Waals surface area contributed by atoms with E-state index < -0.39 is 11.6 Å². The molecule has 1 nitrogen and oxygen atoms in total. The number of unbranched alkanes of at least 4 members (excludes halogenated alkanes) is 4. The molecule has 5 heteroatoms. The molecule has 0 N–H and O–H groups in total. The van der Waals surface area contributed by atoms with Crippen molar-refractivity contribution in [2.24, 2.45) is 0 Å². The molecule has 4 rings (SSSR count). The molecule has 0 spiro atoms. The van der Waals surface area contributed by atoms with E-state index in [0.717, 1.165) is 31.2 Å². The highest BCUT2D eigenvalue weighted by Gasteiger charge is 2.16. The second kappa shape index (κ2) is 12.3. The Bertz CT molecular complexity index is 1290. The third-order valence-electron chi connectivity index (χ3n) is 6.45. The maximum Gasteiger partial charge on any atom is 0.137 e. The Kier molecular flexibility index (Phi) is 8.93. The first-order valence-electron chi connectivity index (χ1n) is 12.5. The maximum atomic E-state index is 15.2. The molecule has 0 atom stereocenters. The van der Waals surface area contributed by atoms with Crippen molar-refractivity contribution >= 4 is 22.4 Å². The highest BCUT2D eigenvalue weighted by Crippen LogP contribution is 2.33. The zero-order valence-corrected chi connectivity index (χ0v) is 21.2. The van der Waals surface area contributed by atoms with Crippen molar-refractivity contribution in [3.8, 4) is 16.9 Å². The molecular weight excluding hydrogens is 481 g/mol. The van der Waals surface area contributed by atoms with Crippen molar-refractivity contribution < 1.29 is 17.9 Å². The zero-order valence-electron chi connectivity index (χ0n) is 20.4. The Morgan fingerprint density at radius 1 is 0.750 bits per heavy atom. The van der Waals surface area contributed by atoms with Crippen molar-refractivity contribution in [3.63, 3.8) is 0 Å². The molecule has 0 aromatic heterocycles. The molecule has 0 heterocycles. The molecular formula is C31H30ClF3O. The standard InChI is InChI=1S/C31H30ClF3O/c1-2-3-4-5-6-17-36-26-19-28(33)30(29(34)20-26)24-13-16-27-23(18-24)12-11-22(31(27)35)10-7-21-8-14-25(32)15-9-21/h8-9,11-16,18-20H,2-7,10,17H2,1H3. The first kappa shape index (κ1) is 26.1. The van der Waals surface area contributed by atoms with Gasteiger partial charge in [-0.2, -0.15) is 0 Å². The number of ether oxygens (including phenoxy) is 1. The van der Waals surface area contributed by atoms with Gasteiger partial charge in [0.15, 0.2) is 0 Å². The fraction of sp³-hybridized carbons (Fsp3) is 0.290. The topological polar surface area (TPSA) is 9.23 Å². The van der Waals surface area contributed by atoms with E-state index in [1.54, 1.807) is 30.3 Å². The Hall–Kier alpha value is -2.98. The molecule has 0 radical (unpaired) electrons. The average molecular weight is 511 g/mol. The molecule has 0 fully saturated rings. The fourth-order valence-electron chi connectivity index (χ4n) is 4.42. The van der Waals surface area contributed by atoms with Crippen LogP contribution in [0.25, 0.3) is 21.9 Å². The second-order valence-corrected chi connectivity index (χ2v) is 9.56. The van der Waals surface area contributed by atoms with E-state index in [1.807, 2.05) is 24.3 Å². The summed E-state index contributed by atoms with van der Waals surface area (Å²) >= 11 is 5.93. The lowest BCUT2D eigenvalue weighted by atomic mass is 9.96. The van der Waals surface area contributed by atoms with E-state index in [2.05, 4.69) is 6.92 Å². The van der Waals surface area contributed by atoms with E-state index in [1.165, 1.54) is 18.6 Å². The van der Waals surface area contributed by atoms with Gasteiger partial charge >= 0.3 is 0 Å². The van der Waals surface area contributed by atoms with Crippen molar-refractivity contribution in [2.75, 3.05) is 6.61 Å². The summed E-state index contributed by atoms with van der Waals surface area (Å²) in [5, 5.41) is 1.68. The van der Waals surface area contributed by atoms with E-state index >= 15 is 4.39 Å². The van der Waals surface area contributed by atoms with Gasteiger partial charge in [-0.15, -0.1) is 0 Å². The average Bonchev–Trinajstić information content (AvgIpc) is 2.86. The van der Waals surface area contributed by atoms with Gasteiger partial charge in [0.25, 0.3) is 0 Å². The van der Waals surface area contributed by atoms with Crippen LogP contribution in [0.15, 0.2) is 66.7 Å². The van der Waals surface area contributed by atoms with Gasteiger partial charge in [-0.25, -0.2) is 13.2 Å². The molecule has 4 aromatic rings. The van der Waals surface area contributed by atoms with Gasteiger partial charge in [0.2, 0.25) is 0 Å². The van der Waals surface area contributed by atoms with Gasteiger partial charge in [0.1, 0.15) is 23.2 Å². The van der Waals surface area contributed by atoms with Crippen LogP contribution >= 0.6 is 11.6 Å². The van der Waals surface area contributed by atoms with Crippen molar-refractivity contribution in [3.05, 3.63) is 100 Å². The van der Waals surface area contributed by atoms with Gasteiger partial charge in [0.05, 0.1) is 12.2 Å². The van der Waals surface area contributed by atoms with Crippen LogP contribution in [0.5, 0.6) is 5.75 Å². The Balaban J connectivity index is 1.48. The predicted octanol–water partition coefficient (Wildman–Crippen LogP) is 9.71. The molecule has 4 aromatic carbocycles. The summed E-state index contributed by atoms with van der Waals surface area (Å²) in [4.78, 5) is 0. The summed E-state index contributed by atoms with van der Waals surface area (Å²) in [6, 6.07) is 18.2. The number of halogens is 4. The van der Waals surface area contributed by atoms with Gasteiger partial charge in [-0.05, 0) is 59.5 Å². The molecule has 0 bridgehead atoms. The van der Waals surface area contributed by atoms with Gasteiger partial charge in [0, 0.05) is 22.5 Å². The normalized spacial score (nSPS) is 11.2. The highest BCUT2D eigenvalue weighted by molar-refractivity contribution is 6.30. The van der Waals surface area contributed by atoms with Crippen molar-refractivity contribution in [1.29, 1.82) is 0 Å². The van der Waals surface area contributed by atoms with Gasteiger partial charge in [-0.1, -0.05) is 80.6 Å². The van der Waals surface area contributed by atoms with Gasteiger partial charge in [-0.3, -0.25) is 0 Å². The molecule has 0 aliphatic heterocycles. The van der Waals surface area contributed by atoms with Crippen molar-refractivity contribution in [1.82, 2.24) is 0 Å². The van der Waals surface area contributed by atoms with E-state index in [9.17, 15) is 8.78 Å². The number of hydrogen-bond donors (Lipinski definition) is 0. The quantitative estimate of drug-likeness (QED) is 0.182. The molecule has 0 amide bonds. The minimum atomic E-state index is -0.699. The SMILES string of the molecule is CCCCCCCOc1cc(F)c(-c2ccc3c(F)c(CCc4ccc(Cl)cc4)ccc3c2)c(F)c1. The first-order valence-corrected chi connectivity index (χ1v) is 12.9. The number of aryl methyl sites for hydroxylation is 2. The van der Waals surface area contributed by atoms with Crippen LogP contribution < -0.4 is 4.74 Å². The first-order chi connectivity index (χ1) is 17.5. The highest BCUT2D eigenvalue weighted by atomic mass is 35.5. The molecule has 36 heavy (non-hydrogen) atoms. The summed E-state index contributed by atoms with van der Waals surface area (Å²) in [7, 11) is 0. The Morgan fingerprint density at radius 2 is 1.47 bits per heavy atom. The summed E-state index contributed by atoms with van der Waals surface area (Å²) < 4.78 is 50.6. The number of hydrogen-bond acceptors (Lipinski definition) is 1. The summed E-state index contributed by atoms with van der Waals surface area (Å²) in [6.45, 7) is 2.58. The predicted molar refractivity (Wildman–Crippen MR) is 142 cm³/mol. The lowest BCUT2D eigenvalue weighted by Gasteiger charge is -2.12. The third-order valence-corrected chi connectivity index (χ3v) is 6.70. The molecule has 0 saturated carbocycles. The summed E-state index contributed by atoms with van der Waals surface area (Å²) in [6.07, 6.45) is 6.57. The number of rotatable bonds is 11. The van der Waals surface area contributed by atoms with E-state index in [0.29, 0.717) is 46.4 Å². The van der Waals surface area contributed by atoms with Crippen molar-refractivity contribution in [2.45, 2.75) is 51.9 Å². The van der Waals surface area contributed by atoms with Crippen LogP contribution in [0, 0.1) is 17.5 Å². The minimum absolute atomic E-state index is 0.139. The van der Waals surface area contributed by atoms with E-state index in [4.69, 9.17) is 16.3 Å². The van der Waals surface area contributed by atoms with E-state index in [-0.39, 0.29) is 17.1 Å². The molecule has 0 saturated heterocycles. The van der Waals surface area contributed by atoms with Crippen LogP contribution in [0.1, 0.15) is 50.2 Å². The maximum absolute atomic E-state index is 15.2. The lowest BCUT2D eigenvalue weighted by Crippen LogP contribution is -2.00. The lowest BCUT2D eigenvalue weighted by molar-refractivity contribution is 0.301. The minimum Gasteiger partial charge on any atom is -0.493 e. The second-order valence-electron chi connectivity index (χ2n) is 9.13. The van der Waals surface area contributed by atoms with Crippen LogP contribution in [0.2, 0.25) is 5.02 Å². The van der Waals surface area contributed by atoms with Crippen LogP contribution in [-0.2, 0) is 12.8 Å². The van der Waals surface area contributed by atoms with Crippen LogP contribution in [-0.4, -0.2) is 6.61 Å². The summed E-state index contributed by atoms with van der Waals surface area (Å²) in [5.74, 6) is -1.52. The van der Waals surface area contributed by atoms with Crippen LogP contribution in [0.3, 0.4) is 0 Å². The zero-order chi connectivity index (χ0) is 25.5. The monoisotopic (exact) mass is 510 g/mol. The largest absolute Gasteiger partial charge is 0.493 e. The van der Waals surface area contributed by atoms with Gasteiger partial charge < -0.3 is 4.74 Å². The summed E-state index contributed by atoms with van der Waals surface area (Å²) in [5.41, 5.74) is 1.89. The molecule has 0 aliphatic carbocycles. The fourth-order valence-corrected chi connectivity index (χ4v) is 4.55. The third kappa shape index (κ3) is 6.41. The smallest absolute Gasteiger partial charge is 0.137 e. The van der Waals surface area contributed by atoms with Crippen LogP contribution in [0.4, 0.5) is 13.2 Å². The molecule has 0 unspecified atom stereocenters. The molecule has 0 aliphatic rings. The Morgan fingerprint density at radius 3 is 2.19 bits per heavy atom.